The van der Waals surface area contributed by atoms with Gasteiger partial charge >= 0.3 is 0 Å². The molecule has 8 heteroatoms. The third-order valence-corrected chi connectivity index (χ3v) is 6.74. The van der Waals surface area contributed by atoms with Crippen LogP contribution in [-0.4, -0.2) is 21.3 Å². The number of nitrogens with zero attached hydrogens (tertiary/aromatic N) is 2. The van der Waals surface area contributed by atoms with E-state index < -0.39 is 0 Å². The van der Waals surface area contributed by atoms with Crippen LogP contribution in [0, 0.1) is 12.3 Å². The molecular weight excluding hydrogens is 458 g/mol. The second kappa shape index (κ2) is 8.53. The lowest BCUT2D eigenvalue weighted by Gasteiger charge is -2.29. The van der Waals surface area contributed by atoms with Crippen LogP contribution in [0.5, 0.6) is 0 Å². The number of aryl methyl sites for hydroxylation is 1. The van der Waals surface area contributed by atoms with Crippen molar-refractivity contribution in [2.45, 2.75) is 47.1 Å². The molecule has 0 unspecified atom stereocenters. The molecule has 0 saturated heterocycles. The Morgan fingerprint density at radius 3 is 2.66 bits per heavy atom. The maximum atomic E-state index is 13.3. The molecule has 4 N–H and O–H groups in total. The lowest BCUT2D eigenvalue weighted by atomic mass is 9.75. The zero-order valence-corrected chi connectivity index (χ0v) is 21.2. The molecule has 2 aromatic carbocycles. The van der Waals surface area contributed by atoms with Gasteiger partial charge in [-0.25, -0.2) is 0 Å². The highest BCUT2D eigenvalue weighted by molar-refractivity contribution is 7.80. The van der Waals surface area contributed by atoms with Gasteiger partial charge in [-0.05, 0) is 62.2 Å². The highest BCUT2D eigenvalue weighted by Gasteiger charge is 2.36. The zero-order valence-electron chi connectivity index (χ0n) is 20.4. The van der Waals surface area contributed by atoms with Crippen LogP contribution in [-0.2, 0) is 13.0 Å². The second-order valence-electron chi connectivity index (χ2n) is 9.85. The number of nitrogens with two attached hydrogens (primary N) is 1. The summed E-state index contributed by atoms with van der Waals surface area (Å²) in [6.07, 6.45) is 1.43. The molecule has 0 aliphatic heterocycles. The Bertz CT molecular complexity index is 1530. The van der Waals surface area contributed by atoms with Gasteiger partial charge in [0, 0.05) is 51.6 Å². The van der Waals surface area contributed by atoms with E-state index in [4.69, 9.17) is 22.4 Å². The van der Waals surface area contributed by atoms with Gasteiger partial charge < -0.3 is 20.0 Å². The van der Waals surface area contributed by atoms with Gasteiger partial charge in [0.05, 0.1) is 5.71 Å². The second-order valence-corrected chi connectivity index (χ2v) is 10.3. The molecule has 7 nitrogen and oxygen atoms in total. The molecule has 1 aliphatic rings. The molecule has 4 aromatic rings. The number of hydrogen-bond acceptors (Lipinski definition) is 4. The van der Waals surface area contributed by atoms with Crippen LogP contribution in [0.4, 0.5) is 5.69 Å². The van der Waals surface area contributed by atoms with Crippen molar-refractivity contribution in [3.8, 4) is 0 Å². The summed E-state index contributed by atoms with van der Waals surface area (Å²) in [4.78, 5) is 13.3. The molecule has 0 atom stereocenters. The Labute approximate surface area is 209 Å². The minimum atomic E-state index is -0.282. The topological polar surface area (TPSA) is 97.6 Å². The largest absolute Gasteiger partial charge is 0.455 e. The lowest BCUT2D eigenvalue weighted by Crippen LogP contribution is -2.31. The molecule has 5 rings (SSSR count). The first-order valence-electron chi connectivity index (χ1n) is 11.8. The van der Waals surface area contributed by atoms with E-state index in [2.05, 4.69) is 59.4 Å². The van der Waals surface area contributed by atoms with Crippen molar-refractivity contribution < 1.29 is 9.21 Å². The standard InChI is InChI=1S/C27H29N5O2S/c1-5-32-20-9-7-6-8-17(20)18-12-16(10-11-21(18)32)29-25(33)24-15(2)23-19(30-31-26(28)35)13-27(3,4)14-22(23)34-24/h6-12H,5,13-14H2,1-4H3,(H,29,33)(H3,28,31,35)/b30-19-. The number of benzene rings is 2. The van der Waals surface area contributed by atoms with Crippen molar-refractivity contribution in [2.24, 2.45) is 16.3 Å². The van der Waals surface area contributed by atoms with E-state index in [-0.39, 0.29) is 16.4 Å². The van der Waals surface area contributed by atoms with Crippen molar-refractivity contribution in [1.29, 1.82) is 0 Å². The zero-order chi connectivity index (χ0) is 24.9. The summed E-state index contributed by atoms with van der Waals surface area (Å²) in [5.74, 6) is 0.774. The number of aromatic nitrogens is 1. The maximum absolute atomic E-state index is 13.3. The number of hydrazone groups is 1. The van der Waals surface area contributed by atoms with Crippen molar-refractivity contribution in [1.82, 2.24) is 9.99 Å². The number of anilines is 1. The number of fused-ring (bicyclic) bond motifs is 4. The van der Waals surface area contributed by atoms with Crippen LogP contribution in [0.2, 0.25) is 0 Å². The van der Waals surface area contributed by atoms with Crippen molar-refractivity contribution in [3.05, 3.63) is 65.1 Å². The van der Waals surface area contributed by atoms with Crippen molar-refractivity contribution in [2.75, 3.05) is 5.32 Å². The van der Waals surface area contributed by atoms with E-state index in [0.717, 1.165) is 52.2 Å². The molecule has 2 aromatic heterocycles. The Balaban J connectivity index is 1.51. The Hall–Kier alpha value is -3.65. The minimum absolute atomic E-state index is 0.0691. The number of carbonyl (C=O) groups excluding carboxylic acids is 1. The molecule has 1 aliphatic carbocycles. The molecular formula is C27H29N5O2S. The van der Waals surface area contributed by atoms with Crippen LogP contribution in [0.3, 0.4) is 0 Å². The Morgan fingerprint density at radius 1 is 1.17 bits per heavy atom. The fraction of sp³-hybridized carbons (Fsp3) is 0.296. The first-order chi connectivity index (χ1) is 16.7. The van der Waals surface area contributed by atoms with Crippen LogP contribution < -0.4 is 16.5 Å². The summed E-state index contributed by atoms with van der Waals surface area (Å²) >= 11 is 4.91. The maximum Gasteiger partial charge on any atom is 0.291 e. The predicted octanol–water partition coefficient (Wildman–Crippen LogP) is 5.48. The van der Waals surface area contributed by atoms with Gasteiger partial charge in [-0.2, -0.15) is 5.10 Å². The van der Waals surface area contributed by atoms with E-state index in [9.17, 15) is 4.79 Å². The number of hydrogen-bond donors (Lipinski definition) is 3. The van der Waals surface area contributed by atoms with Gasteiger partial charge in [0.2, 0.25) is 0 Å². The number of amides is 1. The van der Waals surface area contributed by atoms with E-state index >= 15 is 0 Å². The fourth-order valence-corrected chi connectivity index (χ4v) is 5.25. The molecule has 1 amide bonds. The summed E-state index contributed by atoms with van der Waals surface area (Å²) in [6.45, 7) is 9.19. The number of furan rings is 1. The first kappa shape index (κ1) is 23.1. The van der Waals surface area contributed by atoms with Gasteiger partial charge in [0.15, 0.2) is 10.9 Å². The van der Waals surface area contributed by atoms with Gasteiger partial charge in [-0.15, -0.1) is 0 Å². The number of thiocarbonyl (C=S) groups is 1. The SMILES string of the molecule is CCn1c2ccccc2c2cc(NC(=O)c3oc4c(c3C)/C(=N\NC(N)=S)CC(C)(C)C4)ccc21. The third kappa shape index (κ3) is 4.08. The normalized spacial score (nSPS) is 15.9. The Kier molecular flexibility index (Phi) is 5.63. The highest BCUT2D eigenvalue weighted by Crippen LogP contribution is 2.39. The summed E-state index contributed by atoms with van der Waals surface area (Å²) in [7, 11) is 0. The number of rotatable bonds is 4. The summed E-state index contributed by atoms with van der Waals surface area (Å²) in [5, 5.41) is 9.83. The van der Waals surface area contributed by atoms with Crippen LogP contribution in [0.15, 0.2) is 52.0 Å². The molecule has 180 valence electrons. The van der Waals surface area contributed by atoms with E-state index in [0.29, 0.717) is 12.2 Å². The number of nitrogens with one attached hydrogen (secondary N) is 2. The molecule has 0 saturated carbocycles. The highest BCUT2D eigenvalue weighted by atomic mass is 32.1. The van der Waals surface area contributed by atoms with Crippen molar-refractivity contribution >= 4 is 56.4 Å². The number of para-hydroxylation sites is 1. The molecule has 0 spiro atoms. The molecule has 0 radical (unpaired) electrons. The van der Waals surface area contributed by atoms with E-state index in [1.165, 1.54) is 10.9 Å². The smallest absolute Gasteiger partial charge is 0.291 e. The number of carbonyl (C=O) groups is 1. The average molecular weight is 488 g/mol. The summed E-state index contributed by atoms with van der Waals surface area (Å²) in [6, 6.07) is 14.4. The van der Waals surface area contributed by atoms with E-state index in [1.54, 1.807) is 0 Å². The van der Waals surface area contributed by atoms with Crippen LogP contribution in [0.1, 0.15) is 54.6 Å². The van der Waals surface area contributed by atoms with Crippen LogP contribution >= 0.6 is 12.2 Å². The first-order valence-corrected chi connectivity index (χ1v) is 12.2. The van der Waals surface area contributed by atoms with Gasteiger partial charge in [-0.3, -0.25) is 10.2 Å². The summed E-state index contributed by atoms with van der Waals surface area (Å²) < 4.78 is 8.42. The quantitative estimate of drug-likeness (QED) is 0.262. The molecule has 0 bridgehead atoms. The lowest BCUT2D eigenvalue weighted by molar-refractivity contribution is 0.0993. The molecule has 2 heterocycles. The monoisotopic (exact) mass is 487 g/mol. The van der Waals surface area contributed by atoms with E-state index in [1.807, 2.05) is 31.2 Å². The molecule has 0 fully saturated rings. The fourth-order valence-electron chi connectivity index (χ4n) is 5.21. The summed E-state index contributed by atoms with van der Waals surface area (Å²) in [5.41, 5.74) is 13.7. The average Bonchev–Trinajstić information content (AvgIpc) is 3.30. The van der Waals surface area contributed by atoms with Crippen molar-refractivity contribution in [3.63, 3.8) is 0 Å². The van der Waals surface area contributed by atoms with Gasteiger partial charge in [-0.1, -0.05) is 32.0 Å². The predicted molar refractivity (Wildman–Crippen MR) is 145 cm³/mol. The van der Waals surface area contributed by atoms with Gasteiger partial charge in [0.25, 0.3) is 5.91 Å². The van der Waals surface area contributed by atoms with Crippen LogP contribution in [0.25, 0.3) is 21.8 Å². The Morgan fingerprint density at radius 2 is 1.91 bits per heavy atom. The van der Waals surface area contributed by atoms with Gasteiger partial charge in [0.1, 0.15) is 5.76 Å². The minimum Gasteiger partial charge on any atom is -0.455 e. The molecule has 35 heavy (non-hydrogen) atoms. The third-order valence-electron chi connectivity index (χ3n) is 6.65.